The van der Waals surface area contributed by atoms with Crippen LogP contribution in [0, 0.1) is 11.3 Å². The number of carbonyl (C=O) groups excluding carboxylic acids is 1. The van der Waals surface area contributed by atoms with E-state index in [4.69, 9.17) is 0 Å². The van der Waals surface area contributed by atoms with Gasteiger partial charge in [-0.05, 0) is 30.4 Å². The van der Waals surface area contributed by atoms with E-state index in [9.17, 15) is 14.9 Å². The highest BCUT2D eigenvalue weighted by molar-refractivity contribution is 7.12. The largest absolute Gasteiger partial charge is 0.366 e. The van der Waals surface area contributed by atoms with E-state index in [0.717, 1.165) is 47.2 Å². The maximum atomic E-state index is 13.4. The third-order valence-electron chi connectivity index (χ3n) is 6.50. The molecule has 0 spiro atoms. The second-order valence-electron chi connectivity index (χ2n) is 8.22. The summed E-state index contributed by atoms with van der Waals surface area (Å²) in [4.78, 5) is 30.9. The summed E-state index contributed by atoms with van der Waals surface area (Å²) in [6.45, 7) is 2.34. The Morgan fingerprint density at radius 2 is 1.77 bits per heavy atom. The molecule has 1 aliphatic heterocycles. The Balaban J connectivity index is 1.52. The fraction of sp³-hybridized carbons (Fsp3) is 0.375. The molecule has 2 aromatic heterocycles. The summed E-state index contributed by atoms with van der Waals surface area (Å²) in [5, 5.41) is 12.8. The van der Waals surface area contributed by atoms with E-state index >= 15 is 0 Å². The number of nitriles is 1. The zero-order valence-corrected chi connectivity index (χ0v) is 18.1. The van der Waals surface area contributed by atoms with E-state index in [0.29, 0.717) is 26.2 Å². The monoisotopic (exact) mass is 432 g/mol. The number of thiophene rings is 1. The van der Waals surface area contributed by atoms with Crippen LogP contribution in [0.25, 0.3) is 10.9 Å². The maximum absolute atomic E-state index is 13.4. The topological polar surface area (TPSA) is 69.3 Å². The van der Waals surface area contributed by atoms with Crippen molar-refractivity contribution in [1.82, 2.24) is 9.47 Å². The normalized spacial score (nSPS) is 17.3. The Labute approximate surface area is 184 Å². The first-order valence-corrected chi connectivity index (χ1v) is 11.7. The fourth-order valence-corrected chi connectivity index (χ4v) is 5.68. The molecule has 1 aromatic carbocycles. The van der Waals surface area contributed by atoms with Gasteiger partial charge in [0.25, 0.3) is 11.5 Å². The number of benzene rings is 1. The molecule has 31 heavy (non-hydrogen) atoms. The van der Waals surface area contributed by atoms with Gasteiger partial charge in [-0.25, -0.2) is 0 Å². The molecular weight excluding hydrogens is 408 g/mol. The maximum Gasteiger partial charge on any atom is 0.271 e. The molecule has 0 N–H and O–H groups in total. The lowest BCUT2D eigenvalue weighted by Gasteiger charge is -2.37. The van der Waals surface area contributed by atoms with E-state index in [1.165, 1.54) is 11.3 Å². The lowest BCUT2D eigenvalue weighted by atomic mass is 10.0. The average Bonchev–Trinajstić information content (AvgIpc) is 3.52. The molecule has 1 amide bonds. The number of rotatable bonds is 3. The highest BCUT2D eigenvalue weighted by Gasteiger charge is 2.29. The molecule has 6 nitrogen and oxygen atoms in total. The minimum absolute atomic E-state index is 0.0525. The summed E-state index contributed by atoms with van der Waals surface area (Å²) in [5.41, 5.74) is 1.68. The number of pyridine rings is 1. The number of hydrogen-bond donors (Lipinski definition) is 0. The standard InChI is InChI=1S/C24H24N4O2S/c25-16-19-22(26-11-13-27(14-12-26)24(30)21-10-5-15-31-21)18-8-3-4-9-20(18)28(23(19)29)17-6-1-2-7-17/h3-5,8-10,15,17H,1-2,6-7,11-14H2. The van der Waals surface area contributed by atoms with Crippen LogP contribution in [0.4, 0.5) is 5.69 Å². The molecule has 5 rings (SSSR count). The van der Waals surface area contributed by atoms with Crippen LogP contribution in [0.1, 0.15) is 47.0 Å². The molecule has 3 heterocycles. The van der Waals surface area contributed by atoms with Crippen LogP contribution in [-0.4, -0.2) is 41.6 Å². The average molecular weight is 433 g/mol. The Morgan fingerprint density at radius 1 is 1.03 bits per heavy atom. The molecule has 1 aliphatic carbocycles. The van der Waals surface area contributed by atoms with E-state index in [1.54, 1.807) is 0 Å². The summed E-state index contributed by atoms with van der Waals surface area (Å²) in [5.74, 6) is 0.0525. The molecular formula is C24H24N4O2S. The number of amides is 1. The zero-order valence-electron chi connectivity index (χ0n) is 17.3. The van der Waals surface area contributed by atoms with E-state index in [-0.39, 0.29) is 23.1 Å². The predicted octanol–water partition coefficient (Wildman–Crippen LogP) is 4.01. The van der Waals surface area contributed by atoms with Gasteiger partial charge < -0.3 is 14.4 Å². The van der Waals surface area contributed by atoms with Gasteiger partial charge in [0.2, 0.25) is 0 Å². The Kier molecular flexibility index (Phi) is 5.24. The van der Waals surface area contributed by atoms with Crippen LogP contribution in [-0.2, 0) is 0 Å². The van der Waals surface area contributed by atoms with Gasteiger partial charge in [0, 0.05) is 37.6 Å². The van der Waals surface area contributed by atoms with Gasteiger partial charge in [-0.15, -0.1) is 11.3 Å². The molecule has 0 atom stereocenters. The number of nitrogens with zero attached hydrogens (tertiary/aromatic N) is 4. The Morgan fingerprint density at radius 3 is 2.45 bits per heavy atom. The second kappa shape index (κ2) is 8.20. The van der Waals surface area contributed by atoms with Crippen molar-refractivity contribution in [3.8, 4) is 6.07 Å². The van der Waals surface area contributed by atoms with Gasteiger partial charge in [0.1, 0.15) is 11.6 Å². The lowest BCUT2D eigenvalue weighted by Crippen LogP contribution is -2.49. The zero-order chi connectivity index (χ0) is 21.4. The van der Waals surface area contributed by atoms with Gasteiger partial charge >= 0.3 is 0 Å². The third-order valence-corrected chi connectivity index (χ3v) is 7.36. The van der Waals surface area contributed by atoms with Crippen molar-refractivity contribution in [2.24, 2.45) is 0 Å². The molecule has 2 aliphatic rings. The van der Waals surface area contributed by atoms with Crippen molar-refractivity contribution < 1.29 is 4.79 Å². The quantitative estimate of drug-likeness (QED) is 0.627. The smallest absolute Gasteiger partial charge is 0.271 e. The van der Waals surface area contributed by atoms with Crippen LogP contribution in [0.3, 0.4) is 0 Å². The van der Waals surface area contributed by atoms with Crippen LogP contribution < -0.4 is 10.5 Å². The van der Waals surface area contributed by atoms with E-state index in [1.807, 2.05) is 51.2 Å². The summed E-state index contributed by atoms with van der Waals surface area (Å²) in [7, 11) is 0. The van der Waals surface area contributed by atoms with Crippen molar-refractivity contribution in [3.63, 3.8) is 0 Å². The number of fused-ring (bicyclic) bond motifs is 1. The van der Waals surface area contributed by atoms with Crippen LogP contribution >= 0.6 is 11.3 Å². The number of aromatic nitrogens is 1. The first kappa shape index (κ1) is 19.8. The minimum Gasteiger partial charge on any atom is -0.366 e. The predicted molar refractivity (Wildman–Crippen MR) is 123 cm³/mol. The molecule has 2 fully saturated rings. The third kappa shape index (κ3) is 3.41. The van der Waals surface area contributed by atoms with Crippen LogP contribution in [0.2, 0.25) is 0 Å². The number of hydrogen-bond acceptors (Lipinski definition) is 5. The number of piperazine rings is 1. The molecule has 158 valence electrons. The summed E-state index contributed by atoms with van der Waals surface area (Å²) in [6.07, 6.45) is 4.21. The minimum atomic E-state index is -0.180. The SMILES string of the molecule is N#Cc1c(N2CCN(C(=O)c3cccs3)CC2)c2ccccc2n(C2CCCC2)c1=O. The molecule has 3 aromatic rings. The van der Waals surface area contributed by atoms with E-state index in [2.05, 4.69) is 11.0 Å². The highest BCUT2D eigenvalue weighted by Crippen LogP contribution is 2.35. The van der Waals surface area contributed by atoms with Crippen molar-refractivity contribution in [1.29, 1.82) is 5.26 Å². The summed E-state index contributed by atoms with van der Waals surface area (Å²) >= 11 is 1.45. The second-order valence-corrected chi connectivity index (χ2v) is 9.17. The van der Waals surface area contributed by atoms with Crippen molar-refractivity contribution in [2.75, 3.05) is 31.1 Å². The molecule has 0 bridgehead atoms. The number of carbonyl (C=O) groups is 1. The van der Waals surface area contributed by atoms with Crippen molar-refractivity contribution in [3.05, 3.63) is 62.6 Å². The lowest BCUT2D eigenvalue weighted by molar-refractivity contribution is 0.0751. The van der Waals surface area contributed by atoms with Crippen molar-refractivity contribution in [2.45, 2.75) is 31.7 Å². The Bertz CT molecular complexity index is 1210. The first-order chi connectivity index (χ1) is 15.2. The van der Waals surface area contributed by atoms with Gasteiger partial charge in [-0.3, -0.25) is 9.59 Å². The molecule has 0 radical (unpaired) electrons. The molecule has 1 saturated carbocycles. The van der Waals surface area contributed by atoms with Crippen molar-refractivity contribution >= 4 is 33.8 Å². The summed E-state index contributed by atoms with van der Waals surface area (Å²) in [6, 6.07) is 14.1. The fourth-order valence-electron chi connectivity index (χ4n) is 4.99. The highest BCUT2D eigenvalue weighted by atomic mass is 32.1. The first-order valence-electron chi connectivity index (χ1n) is 10.8. The van der Waals surface area contributed by atoms with Crippen LogP contribution in [0.15, 0.2) is 46.6 Å². The van der Waals surface area contributed by atoms with Gasteiger partial charge in [0.05, 0.1) is 16.1 Å². The Hall–Kier alpha value is -3.11. The van der Waals surface area contributed by atoms with Crippen LogP contribution in [0.5, 0.6) is 0 Å². The summed E-state index contributed by atoms with van der Waals surface area (Å²) < 4.78 is 1.86. The number of anilines is 1. The van der Waals surface area contributed by atoms with Gasteiger partial charge in [-0.1, -0.05) is 37.1 Å². The van der Waals surface area contributed by atoms with Gasteiger partial charge in [-0.2, -0.15) is 5.26 Å². The van der Waals surface area contributed by atoms with E-state index < -0.39 is 0 Å². The molecule has 0 unspecified atom stereocenters. The molecule has 1 saturated heterocycles. The van der Waals surface area contributed by atoms with Gasteiger partial charge in [0.15, 0.2) is 0 Å². The number of para-hydroxylation sites is 1. The molecule has 7 heteroatoms.